The van der Waals surface area contributed by atoms with Crippen LogP contribution in [0, 0.1) is 6.92 Å². The first-order valence-electron chi connectivity index (χ1n) is 5.01. The molecule has 0 spiro atoms. The van der Waals surface area contributed by atoms with E-state index in [1.165, 1.54) is 0 Å². The van der Waals surface area contributed by atoms with Gasteiger partial charge in [-0.05, 0) is 25.5 Å². The molecule has 0 aliphatic carbocycles. The number of nitrogens with one attached hydrogen (secondary N) is 1. The molecule has 15 heavy (non-hydrogen) atoms. The Morgan fingerprint density at radius 3 is 2.87 bits per heavy atom. The molecular formula is C11H17N3O. The number of carbonyl (C=O) groups is 1. The van der Waals surface area contributed by atoms with Crippen molar-refractivity contribution < 1.29 is 4.79 Å². The molecule has 1 heterocycles. The van der Waals surface area contributed by atoms with E-state index >= 15 is 0 Å². The highest BCUT2D eigenvalue weighted by molar-refractivity contribution is 5.74. The van der Waals surface area contributed by atoms with Gasteiger partial charge in [-0.3, -0.25) is 9.78 Å². The zero-order valence-corrected chi connectivity index (χ0v) is 9.16. The van der Waals surface area contributed by atoms with Gasteiger partial charge in [0, 0.05) is 30.9 Å². The van der Waals surface area contributed by atoms with Crippen LogP contribution in [0.15, 0.2) is 18.3 Å². The maximum atomic E-state index is 10.6. The summed E-state index contributed by atoms with van der Waals surface area (Å²) in [7, 11) is 0. The minimum atomic E-state index is -0.281. The van der Waals surface area contributed by atoms with Gasteiger partial charge in [-0.25, -0.2) is 0 Å². The number of nitrogens with zero attached hydrogens (tertiary/aromatic N) is 1. The van der Waals surface area contributed by atoms with Gasteiger partial charge >= 0.3 is 0 Å². The van der Waals surface area contributed by atoms with Crippen molar-refractivity contribution in [2.75, 3.05) is 0 Å². The highest BCUT2D eigenvalue weighted by Gasteiger charge is 2.04. The molecule has 82 valence electrons. The fraction of sp³-hybridized carbons (Fsp3) is 0.455. The summed E-state index contributed by atoms with van der Waals surface area (Å²) in [6.07, 6.45) is 2.19. The third-order valence-corrected chi connectivity index (χ3v) is 2.13. The number of carbonyl (C=O) groups excluding carboxylic acids is 1. The number of pyridine rings is 1. The van der Waals surface area contributed by atoms with Crippen LogP contribution in [-0.2, 0) is 11.3 Å². The van der Waals surface area contributed by atoms with Gasteiger partial charge in [-0.2, -0.15) is 0 Å². The first kappa shape index (κ1) is 11.7. The molecule has 0 aliphatic rings. The van der Waals surface area contributed by atoms with Crippen molar-refractivity contribution in [1.29, 1.82) is 0 Å². The monoisotopic (exact) mass is 207 g/mol. The van der Waals surface area contributed by atoms with Crippen LogP contribution in [0.3, 0.4) is 0 Å². The molecule has 1 unspecified atom stereocenters. The molecule has 0 fully saturated rings. The van der Waals surface area contributed by atoms with Crippen LogP contribution in [0.2, 0.25) is 0 Å². The maximum absolute atomic E-state index is 10.6. The number of nitrogens with two attached hydrogens (primary N) is 1. The van der Waals surface area contributed by atoms with Crippen molar-refractivity contribution in [2.24, 2.45) is 5.73 Å². The lowest BCUT2D eigenvalue weighted by atomic mass is 10.2. The molecule has 0 saturated heterocycles. The summed E-state index contributed by atoms with van der Waals surface area (Å²) in [5.74, 6) is -0.281. The van der Waals surface area contributed by atoms with E-state index < -0.39 is 0 Å². The summed E-state index contributed by atoms with van der Waals surface area (Å²) in [6.45, 7) is 4.60. The lowest BCUT2D eigenvalue weighted by Crippen LogP contribution is -2.30. The molecule has 0 saturated carbocycles. The van der Waals surface area contributed by atoms with E-state index in [1.54, 1.807) is 0 Å². The van der Waals surface area contributed by atoms with Crippen molar-refractivity contribution >= 4 is 5.91 Å². The predicted octanol–water partition coefficient (Wildman–Crippen LogP) is 0.744. The van der Waals surface area contributed by atoms with Crippen LogP contribution in [0.5, 0.6) is 0 Å². The molecular weight excluding hydrogens is 190 g/mol. The number of aryl methyl sites for hydroxylation is 1. The zero-order valence-electron chi connectivity index (χ0n) is 9.16. The van der Waals surface area contributed by atoms with Crippen LogP contribution < -0.4 is 11.1 Å². The Labute approximate surface area is 89.9 Å². The minimum absolute atomic E-state index is 0.101. The highest BCUT2D eigenvalue weighted by Crippen LogP contribution is 2.00. The van der Waals surface area contributed by atoms with Gasteiger partial charge in [0.05, 0.1) is 0 Å². The maximum Gasteiger partial charge on any atom is 0.218 e. The van der Waals surface area contributed by atoms with Crippen LogP contribution in [-0.4, -0.2) is 16.9 Å². The van der Waals surface area contributed by atoms with Crippen molar-refractivity contribution in [3.8, 4) is 0 Å². The number of aromatic nitrogens is 1. The first-order valence-corrected chi connectivity index (χ1v) is 5.01. The van der Waals surface area contributed by atoms with Crippen LogP contribution in [0.1, 0.15) is 24.6 Å². The second-order valence-electron chi connectivity index (χ2n) is 3.76. The molecule has 1 rings (SSSR count). The summed E-state index contributed by atoms with van der Waals surface area (Å²) >= 11 is 0. The van der Waals surface area contributed by atoms with E-state index in [0.29, 0.717) is 13.0 Å². The Balaban J connectivity index is 2.36. The summed E-state index contributed by atoms with van der Waals surface area (Å²) in [5.41, 5.74) is 7.20. The SMILES string of the molecule is Cc1ccc(CNC(C)CC(N)=O)cn1. The van der Waals surface area contributed by atoms with Gasteiger partial charge in [0.2, 0.25) is 5.91 Å². The summed E-state index contributed by atoms with van der Waals surface area (Å²) < 4.78 is 0. The first-order chi connectivity index (χ1) is 7.08. The third kappa shape index (κ3) is 4.56. The highest BCUT2D eigenvalue weighted by atomic mass is 16.1. The van der Waals surface area contributed by atoms with Gasteiger partial charge in [-0.1, -0.05) is 6.07 Å². The molecule has 4 heteroatoms. The minimum Gasteiger partial charge on any atom is -0.370 e. The fourth-order valence-corrected chi connectivity index (χ4v) is 1.27. The van der Waals surface area contributed by atoms with Crippen molar-refractivity contribution in [2.45, 2.75) is 32.9 Å². The lowest BCUT2D eigenvalue weighted by Gasteiger charge is -2.11. The van der Waals surface area contributed by atoms with Gasteiger partial charge in [-0.15, -0.1) is 0 Å². The average Bonchev–Trinajstić information content (AvgIpc) is 2.16. The Bertz CT molecular complexity index is 321. The molecule has 1 aromatic rings. The van der Waals surface area contributed by atoms with E-state index in [0.717, 1.165) is 11.3 Å². The lowest BCUT2D eigenvalue weighted by molar-refractivity contribution is -0.118. The van der Waals surface area contributed by atoms with Crippen molar-refractivity contribution in [3.63, 3.8) is 0 Å². The summed E-state index contributed by atoms with van der Waals surface area (Å²) in [5, 5.41) is 3.21. The summed E-state index contributed by atoms with van der Waals surface area (Å²) in [6, 6.07) is 4.09. The Kier molecular flexibility index (Phi) is 4.24. The number of hydrogen-bond donors (Lipinski definition) is 2. The second-order valence-corrected chi connectivity index (χ2v) is 3.76. The largest absolute Gasteiger partial charge is 0.370 e. The molecule has 0 aromatic carbocycles. The Morgan fingerprint density at radius 1 is 1.60 bits per heavy atom. The van der Waals surface area contributed by atoms with E-state index in [4.69, 9.17) is 5.73 Å². The number of amides is 1. The average molecular weight is 207 g/mol. The molecule has 1 amide bonds. The standard InChI is InChI=1S/C11H17N3O/c1-8-3-4-10(6-13-8)7-14-9(2)5-11(12)15/h3-4,6,9,14H,5,7H2,1-2H3,(H2,12,15). The van der Waals surface area contributed by atoms with Gasteiger partial charge in [0.1, 0.15) is 0 Å². The van der Waals surface area contributed by atoms with Gasteiger partial charge < -0.3 is 11.1 Å². The molecule has 0 radical (unpaired) electrons. The molecule has 4 nitrogen and oxygen atoms in total. The van der Waals surface area contributed by atoms with E-state index in [-0.39, 0.29) is 11.9 Å². The Morgan fingerprint density at radius 2 is 2.33 bits per heavy atom. The number of rotatable bonds is 5. The number of primary amides is 1. The topological polar surface area (TPSA) is 68.0 Å². The normalized spacial score (nSPS) is 12.4. The molecule has 1 aromatic heterocycles. The Hall–Kier alpha value is -1.42. The predicted molar refractivity (Wildman–Crippen MR) is 59.1 cm³/mol. The van der Waals surface area contributed by atoms with E-state index in [9.17, 15) is 4.79 Å². The number of hydrogen-bond acceptors (Lipinski definition) is 3. The van der Waals surface area contributed by atoms with Crippen molar-refractivity contribution in [1.82, 2.24) is 10.3 Å². The smallest absolute Gasteiger partial charge is 0.218 e. The summed E-state index contributed by atoms with van der Waals surface area (Å²) in [4.78, 5) is 14.8. The van der Waals surface area contributed by atoms with E-state index in [2.05, 4.69) is 10.3 Å². The zero-order chi connectivity index (χ0) is 11.3. The van der Waals surface area contributed by atoms with Crippen LogP contribution >= 0.6 is 0 Å². The third-order valence-electron chi connectivity index (χ3n) is 2.13. The fourth-order valence-electron chi connectivity index (χ4n) is 1.27. The molecule has 3 N–H and O–H groups in total. The molecule has 1 atom stereocenters. The molecule has 0 aliphatic heterocycles. The van der Waals surface area contributed by atoms with Crippen LogP contribution in [0.4, 0.5) is 0 Å². The van der Waals surface area contributed by atoms with Gasteiger partial charge in [0.15, 0.2) is 0 Å². The quantitative estimate of drug-likeness (QED) is 0.748. The van der Waals surface area contributed by atoms with Gasteiger partial charge in [0.25, 0.3) is 0 Å². The van der Waals surface area contributed by atoms with Crippen molar-refractivity contribution in [3.05, 3.63) is 29.6 Å². The van der Waals surface area contributed by atoms with Crippen LogP contribution in [0.25, 0.3) is 0 Å². The molecule has 0 bridgehead atoms. The van der Waals surface area contributed by atoms with E-state index in [1.807, 2.05) is 32.2 Å². The second kappa shape index (κ2) is 5.46.